The van der Waals surface area contributed by atoms with Crippen molar-refractivity contribution in [1.82, 2.24) is 10.3 Å². The predicted molar refractivity (Wildman–Crippen MR) is 78.6 cm³/mol. The van der Waals surface area contributed by atoms with E-state index >= 15 is 0 Å². The summed E-state index contributed by atoms with van der Waals surface area (Å²) in [5.74, 6) is -0.0753. The van der Waals surface area contributed by atoms with Crippen molar-refractivity contribution in [2.24, 2.45) is 5.92 Å². The minimum Gasteiger partial charge on any atom is -0.356 e. The Labute approximate surface area is 120 Å². The molecule has 1 aliphatic rings. The molecule has 1 amide bonds. The second-order valence-corrected chi connectivity index (χ2v) is 6.01. The standard InChI is InChI=1S/C14H16FN3OS/c1-2-5-16-13(19)9-7-18(8-9)14-17-11-4-3-10(15)6-12(11)20-14/h3-4,6,9H,2,5,7-8H2,1H3,(H,16,19). The van der Waals surface area contributed by atoms with Gasteiger partial charge >= 0.3 is 0 Å². The van der Waals surface area contributed by atoms with Crippen molar-refractivity contribution in [2.45, 2.75) is 13.3 Å². The highest BCUT2D eigenvalue weighted by molar-refractivity contribution is 7.22. The largest absolute Gasteiger partial charge is 0.356 e. The van der Waals surface area contributed by atoms with E-state index < -0.39 is 0 Å². The zero-order chi connectivity index (χ0) is 14.1. The minimum atomic E-state index is -0.242. The molecule has 3 rings (SSSR count). The van der Waals surface area contributed by atoms with Crippen LogP contribution in [0.2, 0.25) is 0 Å². The van der Waals surface area contributed by atoms with Gasteiger partial charge in [-0.25, -0.2) is 9.37 Å². The first-order valence-electron chi connectivity index (χ1n) is 6.76. The normalized spacial score (nSPS) is 15.4. The first kappa shape index (κ1) is 13.3. The molecule has 0 bridgehead atoms. The number of carbonyl (C=O) groups excluding carboxylic acids is 1. The van der Waals surface area contributed by atoms with Crippen LogP contribution in [0.5, 0.6) is 0 Å². The molecule has 0 saturated carbocycles. The fourth-order valence-electron chi connectivity index (χ4n) is 2.21. The Morgan fingerprint density at radius 2 is 2.35 bits per heavy atom. The van der Waals surface area contributed by atoms with Crippen LogP contribution in [0.3, 0.4) is 0 Å². The summed E-state index contributed by atoms with van der Waals surface area (Å²) in [6.07, 6.45) is 0.950. The van der Waals surface area contributed by atoms with E-state index in [1.54, 1.807) is 6.07 Å². The lowest BCUT2D eigenvalue weighted by Gasteiger charge is -2.37. The van der Waals surface area contributed by atoms with Crippen molar-refractivity contribution in [3.05, 3.63) is 24.0 Å². The Morgan fingerprint density at radius 1 is 1.55 bits per heavy atom. The lowest BCUT2D eigenvalue weighted by molar-refractivity contribution is -0.125. The van der Waals surface area contributed by atoms with E-state index in [0.29, 0.717) is 13.1 Å². The fraction of sp³-hybridized carbons (Fsp3) is 0.429. The van der Waals surface area contributed by atoms with Crippen LogP contribution in [0.4, 0.5) is 9.52 Å². The van der Waals surface area contributed by atoms with Gasteiger partial charge in [-0.2, -0.15) is 0 Å². The van der Waals surface area contributed by atoms with Gasteiger partial charge in [-0.3, -0.25) is 4.79 Å². The number of hydrogen-bond donors (Lipinski definition) is 1. The summed E-state index contributed by atoms with van der Waals surface area (Å²) < 4.78 is 14.0. The molecular formula is C14H16FN3OS. The number of nitrogens with zero attached hydrogens (tertiary/aromatic N) is 2. The summed E-state index contributed by atoms with van der Waals surface area (Å²) in [4.78, 5) is 18.3. The van der Waals surface area contributed by atoms with Crippen molar-refractivity contribution in [3.8, 4) is 0 Å². The SMILES string of the molecule is CCCNC(=O)C1CN(c2nc3ccc(F)cc3s2)C1. The highest BCUT2D eigenvalue weighted by atomic mass is 32.1. The van der Waals surface area contributed by atoms with Crippen molar-refractivity contribution in [2.75, 3.05) is 24.5 Å². The highest BCUT2D eigenvalue weighted by Crippen LogP contribution is 2.33. The Balaban J connectivity index is 1.65. The van der Waals surface area contributed by atoms with Crippen LogP contribution < -0.4 is 10.2 Å². The van der Waals surface area contributed by atoms with Gasteiger partial charge in [0.15, 0.2) is 5.13 Å². The number of hydrogen-bond acceptors (Lipinski definition) is 4. The summed E-state index contributed by atoms with van der Waals surface area (Å²) in [6.45, 7) is 4.15. The lowest BCUT2D eigenvalue weighted by Crippen LogP contribution is -2.53. The van der Waals surface area contributed by atoms with Crippen LogP contribution in [0.15, 0.2) is 18.2 Å². The third-order valence-electron chi connectivity index (χ3n) is 3.41. The molecule has 2 aromatic rings. The molecule has 1 N–H and O–H groups in total. The minimum absolute atomic E-state index is 0.0466. The maximum atomic E-state index is 13.1. The van der Waals surface area contributed by atoms with E-state index in [1.807, 2.05) is 6.92 Å². The Kier molecular flexibility index (Phi) is 3.56. The van der Waals surface area contributed by atoms with Gasteiger partial charge in [0.1, 0.15) is 5.82 Å². The summed E-state index contributed by atoms with van der Waals surface area (Å²) in [5, 5.41) is 3.77. The maximum absolute atomic E-state index is 13.1. The average molecular weight is 293 g/mol. The molecule has 0 atom stereocenters. The topological polar surface area (TPSA) is 45.2 Å². The number of fused-ring (bicyclic) bond motifs is 1. The summed E-state index contributed by atoms with van der Waals surface area (Å²) in [7, 11) is 0. The van der Waals surface area contributed by atoms with Crippen molar-refractivity contribution >= 4 is 32.6 Å². The summed E-state index contributed by atoms with van der Waals surface area (Å²) in [6, 6.07) is 4.61. The van der Waals surface area contributed by atoms with Gasteiger partial charge in [0, 0.05) is 19.6 Å². The van der Waals surface area contributed by atoms with E-state index in [4.69, 9.17) is 0 Å². The molecule has 0 unspecified atom stereocenters. The quantitative estimate of drug-likeness (QED) is 0.941. The van der Waals surface area contributed by atoms with Crippen molar-refractivity contribution in [1.29, 1.82) is 0 Å². The van der Waals surface area contributed by atoms with Gasteiger partial charge in [0.25, 0.3) is 0 Å². The molecule has 20 heavy (non-hydrogen) atoms. The first-order chi connectivity index (χ1) is 9.67. The molecule has 0 aliphatic carbocycles. The van der Waals surface area contributed by atoms with Gasteiger partial charge in [-0.05, 0) is 24.6 Å². The number of rotatable bonds is 4. The van der Waals surface area contributed by atoms with Crippen LogP contribution in [0, 0.1) is 11.7 Å². The van der Waals surface area contributed by atoms with Crippen LogP contribution in [0.25, 0.3) is 10.2 Å². The number of amides is 1. The molecular weight excluding hydrogens is 277 g/mol. The molecule has 4 nitrogen and oxygen atoms in total. The fourth-order valence-corrected chi connectivity index (χ4v) is 3.22. The Bertz CT molecular complexity index is 636. The van der Waals surface area contributed by atoms with E-state index in [-0.39, 0.29) is 17.6 Å². The zero-order valence-corrected chi connectivity index (χ0v) is 12.0. The lowest BCUT2D eigenvalue weighted by atomic mass is 10.0. The molecule has 1 saturated heterocycles. The number of halogens is 1. The molecule has 106 valence electrons. The third kappa shape index (κ3) is 2.47. The van der Waals surface area contributed by atoms with Crippen LogP contribution in [-0.2, 0) is 4.79 Å². The summed E-state index contributed by atoms with van der Waals surface area (Å²) in [5.41, 5.74) is 0.810. The van der Waals surface area contributed by atoms with E-state index in [0.717, 1.165) is 28.3 Å². The number of aromatic nitrogens is 1. The van der Waals surface area contributed by atoms with Gasteiger partial charge in [-0.15, -0.1) is 0 Å². The van der Waals surface area contributed by atoms with Gasteiger partial charge in [0.05, 0.1) is 16.1 Å². The third-order valence-corrected chi connectivity index (χ3v) is 4.49. The summed E-state index contributed by atoms with van der Waals surface area (Å²) >= 11 is 1.47. The smallest absolute Gasteiger partial charge is 0.226 e. The number of anilines is 1. The molecule has 2 heterocycles. The maximum Gasteiger partial charge on any atom is 0.226 e. The zero-order valence-electron chi connectivity index (χ0n) is 11.2. The van der Waals surface area contributed by atoms with Crippen LogP contribution in [0.1, 0.15) is 13.3 Å². The van der Waals surface area contributed by atoms with Gasteiger partial charge < -0.3 is 10.2 Å². The number of carbonyl (C=O) groups is 1. The number of benzene rings is 1. The Hall–Kier alpha value is -1.69. The van der Waals surface area contributed by atoms with Crippen molar-refractivity contribution in [3.63, 3.8) is 0 Å². The van der Waals surface area contributed by atoms with E-state index in [9.17, 15) is 9.18 Å². The molecule has 6 heteroatoms. The van der Waals surface area contributed by atoms with Gasteiger partial charge in [0.2, 0.25) is 5.91 Å². The number of nitrogens with one attached hydrogen (secondary N) is 1. The Morgan fingerprint density at radius 3 is 3.10 bits per heavy atom. The molecule has 1 aromatic carbocycles. The molecule has 1 fully saturated rings. The molecule has 0 radical (unpaired) electrons. The van der Waals surface area contributed by atoms with Crippen molar-refractivity contribution < 1.29 is 9.18 Å². The van der Waals surface area contributed by atoms with Crippen LogP contribution >= 0.6 is 11.3 Å². The predicted octanol–water partition coefficient (Wildman–Crippen LogP) is 2.40. The molecule has 1 aliphatic heterocycles. The van der Waals surface area contributed by atoms with E-state index in [2.05, 4.69) is 15.2 Å². The second kappa shape index (κ2) is 5.36. The molecule has 1 aromatic heterocycles. The molecule has 0 spiro atoms. The van der Waals surface area contributed by atoms with Gasteiger partial charge in [-0.1, -0.05) is 18.3 Å². The number of thiazole rings is 1. The second-order valence-electron chi connectivity index (χ2n) is 5.00. The monoisotopic (exact) mass is 293 g/mol. The average Bonchev–Trinajstić information content (AvgIpc) is 2.76. The van der Waals surface area contributed by atoms with E-state index in [1.165, 1.54) is 23.5 Å². The first-order valence-corrected chi connectivity index (χ1v) is 7.57. The van der Waals surface area contributed by atoms with Crippen LogP contribution in [-0.4, -0.2) is 30.5 Å². The highest BCUT2D eigenvalue weighted by Gasteiger charge is 2.34.